The Hall–Kier alpha value is -2.08. The third kappa shape index (κ3) is 4.96. The third-order valence-electron chi connectivity index (χ3n) is 3.00. The van der Waals surface area contributed by atoms with E-state index in [1.54, 1.807) is 18.3 Å². The van der Waals surface area contributed by atoms with Crippen LogP contribution in [-0.4, -0.2) is 24.1 Å². The van der Waals surface area contributed by atoms with Crippen LogP contribution in [0.15, 0.2) is 41.0 Å². The number of rotatable bonds is 7. The number of aromatic nitrogens is 1. The Morgan fingerprint density at radius 2 is 1.87 bits per heavy atom. The number of nitrogens with one attached hydrogen (secondary N) is 1. The molecule has 1 aromatic carbocycles. The molecule has 122 valence electrons. The highest BCUT2D eigenvalue weighted by Gasteiger charge is 2.14. The summed E-state index contributed by atoms with van der Waals surface area (Å²) in [6, 6.07) is 9.03. The van der Waals surface area contributed by atoms with Gasteiger partial charge in [-0.3, -0.25) is 4.79 Å². The van der Waals surface area contributed by atoms with Crippen LogP contribution in [0, 0.1) is 0 Å². The van der Waals surface area contributed by atoms with Gasteiger partial charge < -0.3 is 14.8 Å². The van der Waals surface area contributed by atoms with Crippen LogP contribution in [-0.2, 0) is 11.2 Å². The molecule has 0 saturated heterocycles. The number of hydrogen-bond acceptors (Lipinski definition) is 4. The third-order valence-corrected chi connectivity index (χ3v) is 3.73. The molecule has 1 amide bonds. The van der Waals surface area contributed by atoms with Crippen molar-refractivity contribution in [3.8, 4) is 11.5 Å². The zero-order valence-corrected chi connectivity index (χ0v) is 14.7. The molecule has 0 unspecified atom stereocenters. The smallest absolute Gasteiger partial charge is 0.229 e. The second kappa shape index (κ2) is 8.53. The Balaban J connectivity index is 2.15. The summed E-state index contributed by atoms with van der Waals surface area (Å²) in [5.74, 6) is 1.69. The summed E-state index contributed by atoms with van der Waals surface area (Å²) < 4.78 is 12.0. The Morgan fingerprint density at radius 3 is 2.48 bits per heavy atom. The molecular weight excluding hydrogens is 360 g/mol. The summed E-state index contributed by atoms with van der Waals surface area (Å²) >= 11 is 3.49. The van der Waals surface area contributed by atoms with E-state index in [1.807, 2.05) is 32.0 Å². The minimum Gasteiger partial charge on any atom is -0.490 e. The molecular formula is C17H19BrN2O3. The Kier molecular flexibility index (Phi) is 6.40. The van der Waals surface area contributed by atoms with E-state index in [0.717, 1.165) is 10.0 Å². The topological polar surface area (TPSA) is 60.5 Å². The highest BCUT2D eigenvalue weighted by atomic mass is 79.9. The van der Waals surface area contributed by atoms with Crippen LogP contribution in [0.2, 0.25) is 0 Å². The van der Waals surface area contributed by atoms with Gasteiger partial charge in [-0.2, -0.15) is 0 Å². The van der Waals surface area contributed by atoms with Gasteiger partial charge in [0.15, 0.2) is 11.5 Å². The summed E-state index contributed by atoms with van der Waals surface area (Å²) in [7, 11) is 0. The van der Waals surface area contributed by atoms with Gasteiger partial charge in [0, 0.05) is 10.7 Å². The number of nitrogens with zero attached hydrogens (tertiary/aromatic N) is 1. The van der Waals surface area contributed by atoms with Gasteiger partial charge in [0.2, 0.25) is 5.91 Å². The SMILES string of the molecule is CCOc1cc(Br)c(CC(=O)Nc2ccccn2)cc1OCC. The standard InChI is InChI=1S/C17H19BrN2O3/c1-3-22-14-9-12(13(18)11-15(14)23-4-2)10-17(21)20-16-7-5-6-8-19-16/h5-9,11H,3-4,10H2,1-2H3,(H,19,20,21). The van der Waals surface area contributed by atoms with E-state index in [0.29, 0.717) is 30.5 Å². The van der Waals surface area contributed by atoms with Gasteiger partial charge in [-0.15, -0.1) is 0 Å². The molecule has 0 aliphatic rings. The van der Waals surface area contributed by atoms with E-state index in [2.05, 4.69) is 26.2 Å². The lowest BCUT2D eigenvalue weighted by molar-refractivity contribution is -0.115. The molecule has 5 nitrogen and oxygen atoms in total. The minimum absolute atomic E-state index is 0.143. The maximum absolute atomic E-state index is 12.2. The molecule has 0 aliphatic carbocycles. The first-order valence-corrected chi connectivity index (χ1v) is 8.22. The fraction of sp³-hybridized carbons (Fsp3) is 0.294. The number of ether oxygens (including phenoxy) is 2. The van der Waals surface area contributed by atoms with Gasteiger partial charge in [0.1, 0.15) is 5.82 Å². The van der Waals surface area contributed by atoms with Crippen molar-refractivity contribution in [3.63, 3.8) is 0 Å². The maximum atomic E-state index is 12.2. The minimum atomic E-state index is -0.143. The van der Waals surface area contributed by atoms with E-state index in [-0.39, 0.29) is 12.3 Å². The summed E-state index contributed by atoms with van der Waals surface area (Å²) in [6.45, 7) is 4.90. The van der Waals surface area contributed by atoms with Crippen LogP contribution >= 0.6 is 15.9 Å². The van der Waals surface area contributed by atoms with Crippen LogP contribution in [0.3, 0.4) is 0 Å². The van der Waals surface area contributed by atoms with Crippen LogP contribution in [0.5, 0.6) is 11.5 Å². The van der Waals surface area contributed by atoms with Crippen molar-refractivity contribution in [1.29, 1.82) is 0 Å². The van der Waals surface area contributed by atoms with Crippen LogP contribution in [0.4, 0.5) is 5.82 Å². The highest BCUT2D eigenvalue weighted by molar-refractivity contribution is 9.10. The molecule has 23 heavy (non-hydrogen) atoms. The second-order valence-electron chi connectivity index (χ2n) is 4.70. The first-order valence-electron chi connectivity index (χ1n) is 7.43. The molecule has 0 aliphatic heterocycles. The Morgan fingerprint density at radius 1 is 1.17 bits per heavy atom. The van der Waals surface area contributed by atoms with Crippen LogP contribution in [0.1, 0.15) is 19.4 Å². The van der Waals surface area contributed by atoms with Gasteiger partial charge in [-0.05, 0) is 43.7 Å². The first-order chi connectivity index (χ1) is 11.1. The molecule has 0 saturated carbocycles. The summed E-state index contributed by atoms with van der Waals surface area (Å²) in [5.41, 5.74) is 0.824. The monoisotopic (exact) mass is 378 g/mol. The fourth-order valence-corrected chi connectivity index (χ4v) is 2.51. The zero-order chi connectivity index (χ0) is 16.7. The lowest BCUT2D eigenvalue weighted by Crippen LogP contribution is -2.15. The van der Waals surface area contributed by atoms with Crippen LogP contribution in [0.25, 0.3) is 0 Å². The number of benzene rings is 1. The Labute approximate surface area is 144 Å². The van der Waals surface area contributed by atoms with Crippen molar-refractivity contribution in [3.05, 3.63) is 46.6 Å². The molecule has 0 radical (unpaired) electrons. The number of amides is 1. The van der Waals surface area contributed by atoms with Crippen molar-refractivity contribution in [1.82, 2.24) is 4.98 Å². The second-order valence-corrected chi connectivity index (χ2v) is 5.55. The quantitative estimate of drug-likeness (QED) is 0.795. The predicted octanol–water partition coefficient (Wildman–Crippen LogP) is 3.82. The van der Waals surface area contributed by atoms with E-state index >= 15 is 0 Å². The number of carbonyl (C=O) groups excluding carboxylic acids is 1. The molecule has 2 aromatic rings. The van der Waals surface area contributed by atoms with Gasteiger partial charge in [0.25, 0.3) is 0 Å². The largest absolute Gasteiger partial charge is 0.490 e. The average Bonchev–Trinajstić information content (AvgIpc) is 2.53. The predicted molar refractivity (Wildman–Crippen MR) is 93.1 cm³/mol. The lowest BCUT2D eigenvalue weighted by atomic mass is 10.1. The normalized spacial score (nSPS) is 10.2. The summed E-state index contributed by atoms with van der Waals surface area (Å²) in [5, 5.41) is 2.77. The van der Waals surface area contributed by atoms with E-state index < -0.39 is 0 Å². The van der Waals surface area contributed by atoms with Crippen LogP contribution < -0.4 is 14.8 Å². The first kappa shape index (κ1) is 17.3. The number of pyridine rings is 1. The molecule has 0 fully saturated rings. The molecule has 1 heterocycles. The zero-order valence-electron chi connectivity index (χ0n) is 13.1. The number of anilines is 1. The summed E-state index contributed by atoms with van der Waals surface area (Å²) in [4.78, 5) is 16.2. The molecule has 2 rings (SSSR count). The molecule has 1 N–H and O–H groups in total. The highest BCUT2D eigenvalue weighted by Crippen LogP contribution is 2.34. The number of carbonyl (C=O) groups is 1. The van der Waals surface area contributed by atoms with Crippen molar-refractivity contribution < 1.29 is 14.3 Å². The van der Waals surface area contributed by atoms with E-state index in [1.165, 1.54) is 0 Å². The molecule has 0 spiro atoms. The molecule has 0 atom stereocenters. The van der Waals surface area contributed by atoms with E-state index in [9.17, 15) is 4.79 Å². The van der Waals surface area contributed by atoms with Crippen molar-refractivity contribution in [2.75, 3.05) is 18.5 Å². The molecule has 0 bridgehead atoms. The number of hydrogen-bond donors (Lipinski definition) is 1. The van der Waals surface area contributed by atoms with E-state index in [4.69, 9.17) is 9.47 Å². The average molecular weight is 379 g/mol. The molecule has 1 aromatic heterocycles. The Bertz CT molecular complexity index is 662. The van der Waals surface area contributed by atoms with Gasteiger partial charge in [-0.25, -0.2) is 4.98 Å². The van der Waals surface area contributed by atoms with Crippen molar-refractivity contribution in [2.45, 2.75) is 20.3 Å². The van der Waals surface area contributed by atoms with Gasteiger partial charge >= 0.3 is 0 Å². The maximum Gasteiger partial charge on any atom is 0.229 e. The fourth-order valence-electron chi connectivity index (χ4n) is 2.05. The van der Waals surface area contributed by atoms with Crippen molar-refractivity contribution >= 4 is 27.7 Å². The summed E-state index contributed by atoms with van der Waals surface area (Å²) in [6.07, 6.45) is 1.85. The number of halogens is 1. The lowest BCUT2D eigenvalue weighted by Gasteiger charge is -2.14. The van der Waals surface area contributed by atoms with Crippen molar-refractivity contribution in [2.24, 2.45) is 0 Å². The molecule has 6 heteroatoms. The van der Waals surface area contributed by atoms with Gasteiger partial charge in [-0.1, -0.05) is 22.0 Å². The van der Waals surface area contributed by atoms with Gasteiger partial charge in [0.05, 0.1) is 19.6 Å².